The molecule has 2 aromatic carbocycles. The summed E-state index contributed by atoms with van der Waals surface area (Å²) in [5, 5.41) is 5.66. The molecule has 0 bridgehead atoms. The molecule has 0 saturated carbocycles. The lowest BCUT2D eigenvalue weighted by Crippen LogP contribution is -2.18. The Balaban J connectivity index is 1.52. The zero-order valence-electron chi connectivity index (χ0n) is 28.0. The monoisotopic (exact) mass is 682 g/mol. The van der Waals surface area contributed by atoms with Gasteiger partial charge in [0.25, 0.3) is 0 Å². The summed E-state index contributed by atoms with van der Waals surface area (Å²) in [6, 6.07) is 6.97. The quantitative estimate of drug-likeness (QED) is 0.0338. The topological polar surface area (TPSA) is 103 Å². The van der Waals surface area contributed by atoms with Crippen molar-refractivity contribution in [3.05, 3.63) is 53.6 Å². The lowest BCUT2D eigenvalue weighted by molar-refractivity contribution is -0.136. The van der Waals surface area contributed by atoms with Crippen molar-refractivity contribution >= 4 is 29.2 Å². The predicted octanol–water partition coefficient (Wildman–Crippen LogP) is 9.02. The van der Waals surface area contributed by atoms with Crippen LogP contribution in [-0.4, -0.2) is 44.2 Å². The molecule has 0 heterocycles. The van der Waals surface area contributed by atoms with Crippen LogP contribution in [0.25, 0.3) is 0 Å². The van der Waals surface area contributed by atoms with E-state index >= 15 is 0 Å². The maximum atomic E-state index is 13.6. The molecule has 12 heteroatoms. The third-order valence-electron chi connectivity index (χ3n) is 7.57. The van der Waals surface area contributed by atoms with Gasteiger partial charge < -0.3 is 24.8 Å². The number of rotatable bonds is 26. The average molecular weight is 683 g/mol. The van der Waals surface area contributed by atoms with Gasteiger partial charge in [0.05, 0.1) is 50.6 Å². The minimum absolute atomic E-state index is 0.00937. The normalized spacial score (nSPS) is 11.0. The second-order valence-corrected chi connectivity index (χ2v) is 11.6. The van der Waals surface area contributed by atoms with E-state index in [-0.39, 0.29) is 50.7 Å². The van der Waals surface area contributed by atoms with Gasteiger partial charge in [-0.3, -0.25) is 14.4 Å². The van der Waals surface area contributed by atoms with Crippen molar-refractivity contribution < 1.29 is 46.2 Å². The molecule has 0 saturated heterocycles. The van der Waals surface area contributed by atoms with Crippen LogP contribution in [0.4, 0.5) is 28.9 Å². The molecule has 8 nitrogen and oxygen atoms in total. The third-order valence-corrected chi connectivity index (χ3v) is 7.57. The first kappa shape index (κ1) is 40.7. The van der Waals surface area contributed by atoms with Gasteiger partial charge in [0.15, 0.2) is 11.6 Å². The van der Waals surface area contributed by atoms with Gasteiger partial charge in [-0.2, -0.15) is 8.78 Å². The SMILES string of the molecule is CCCCCCCCCCCCCCCC(=O)Nc1ccccc1NC(=O)CCOCCOCCC(=O)Oc1c(F)c(F)cc(F)c1F. The molecule has 0 spiro atoms. The molecule has 2 amide bonds. The Morgan fingerprint density at radius 2 is 1.02 bits per heavy atom. The van der Waals surface area contributed by atoms with Crippen molar-refractivity contribution in [2.24, 2.45) is 0 Å². The van der Waals surface area contributed by atoms with E-state index in [9.17, 15) is 31.9 Å². The number of hydrogen-bond acceptors (Lipinski definition) is 6. The number of hydrogen-bond donors (Lipinski definition) is 2. The van der Waals surface area contributed by atoms with Gasteiger partial charge in [0, 0.05) is 12.5 Å². The highest BCUT2D eigenvalue weighted by atomic mass is 19.2. The molecule has 0 radical (unpaired) electrons. The van der Waals surface area contributed by atoms with Crippen molar-refractivity contribution in [1.82, 2.24) is 0 Å². The molecule has 0 aliphatic heterocycles. The number of carbonyl (C=O) groups is 3. The predicted molar refractivity (Wildman–Crippen MR) is 177 cm³/mol. The number of nitrogens with one attached hydrogen (secondary N) is 2. The molecule has 2 rings (SSSR count). The Morgan fingerprint density at radius 1 is 0.583 bits per heavy atom. The zero-order valence-corrected chi connectivity index (χ0v) is 28.0. The lowest BCUT2D eigenvalue weighted by Gasteiger charge is -2.12. The number of para-hydroxylation sites is 2. The van der Waals surface area contributed by atoms with Crippen LogP contribution in [0.15, 0.2) is 30.3 Å². The van der Waals surface area contributed by atoms with Crippen molar-refractivity contribution in [2.45, 2.75) is 110 Å². The molecule has 0 aliphatic carbocycles. The summed E-state index contributed by atoms with van der Waals surface area (Å²) >= 11 is 0. The zero-order chi connectivity index (χ0) is 35.0. The average Bonchev–Trinajstić information content (AvgIpc) is 3.06. The molecule has 0 fully saturated rings. The van der Waals surface area contributed by atoms with E-state index in [1.807, 2.05) is 0 Å². The van der Waals surface area contributed by atoms with Gasteiger partial charge in [-0.1, -0.05) is 96.1 Å². The Kier molecular flexibility index (Phi) is 20.8. The maximum Gasteiger partial charge on any atom is 0.313 e. The molecule has 0 atom stereocenters. The molecule has 2 aromatic rings. The number of esters is 1. The highest BCUT2D eigenvalue weighted by Gasteiger charge is 2.23. The standard InChI is InChI=1S/C36H50F4N2O6/c1-2-3-4-5-6-7-8-9-10-11-12-13-14-19-31(43)41-29-17-15-16-18-30(29)42-32(44)20-22-46-24-25-47-23-21-33(45)48-36-34(39)27(37)26-28(38)35(36)40/h15-18,26H,2-14,19-25H2,1H3,(H,41,43)(H,42,44). The van der Waals surface area contributed by atoms with E-state index in [2.05, 4.69) is 22.3 Å². The van der Waals surface area contributed by atoms with E-state index in [0.717, 1.165) is 19.3 Å². The van der Waals surface area contributed by atoms with Gasteiger partial charge in [-0.25, -0.2) is 8.78 Å². The second-order valence-electron chi connectivity index (χ2n) is 11.6. The van der Waals surface area contributed by atoms with Crippen molar-refractivity contribution in [2.75, 3.05) is 37.1 Å². The van der Waals surface area contributed by atoms with E-state index in [1.165, 1.54) is 64.2 Å². The lowest BCUT2D eigenvalue weighted by atomic mass is 10.0. The highest BCUT2D eigenvalue weighted by molar-refractivity contribution is 5.99. The smallest absolute Gasteiger partial charge is 0.313 e. The van der Waals surface area contributed by atoms with E-state index in [1.54, 1.807) is 24.3 Å². The van der Waals surface area contributed by atoms with Gasteiger partial charge in [0.2, 0.25) is 29.2 Å². The third kappa shape index (κ3) is 17.1. The molecule has 2 N–H and O–H groups in total. The van der Waals surface area contributed by atoms with Crippen LogP contribution in [-0.2, 0) is 23.9 Å². The first-order valence-corrected chi connectivity index (χ1v) is 17.1. The fourth-order valence-corrected chi connectivity index (χ4v) is 4.88. The van der Waals surface area contributed by atoms with Crippen LogP contribution < -0.4 is 15.4 Å². The molecule has 0 unspecified atom stereocenters. The minimum Gasteiger partial charge on any atom is -0.420 e. The number of unbranched alkanes of at least 4 members (excludes halogenated alkanes) is 12. The summed E-state index contributed by atoms with van der Waals surface area (Å²) in [5.41, 5.74) is 1.00. The Bertz CT molecular complexity index is 1240. The molecular weight excluding hydrogens is 632 g/mol. The molecule has 268 valence electrons. The summed E-state index contributed by atoms with van der Waals surface area (Å²) < 4.78 is 68.5. The summed E-state index contributed by atoms with van der Waals surface area (Å²) in [4.78, 5) is 36.7. The molecule has 0 aliphatic rings. The van der Waals surface area contributed by atoms with Gasteiger partial charge >= 0.3 is 5.97 Å². The highest BCUT2D eigenvalue weighted by Crippen LogP contribution is 2.27. The van der Waals surface area contributed by atoms with Crippen LogP contribution in [0.2, 0.25) is 0 Å². The van der Waals surface area contributed by atoms with Crippen LogP contribution in [0.5, 0.6) is 5.75 Å². The van der Waals surface area contributed by atoms with Crippen molar-refractivity contribution in [3.63, 3.8) is 0 Å². The number of anilines is 2. The van der Waals surface area contributed by atoms with Crippen molar-refractivity contribution in [1.29, 1.82) is 0 Å². The van der Waals surface area contributed by atoms with Gasteiger partial charge in [-0.05, 0) is 18.6 Å². The first-order chi connectivity index (χ1) is 23.2. The number of halogens is 4. The fourth-order valence-electron chi connectivity index (χ4n) is 4.88. The van der Waals surface area contributed by atoms with E-state index in [4.69, 9.17) is 9.47 Å². The molecule has 48 heavy (non-hydrogen) atoms. The van der Waals surface area contributed by atoms with Crippen LogP contribution in [0.1, 0.15) is 110 Å². The number of carbonyl (C=O) groups excluding carboxylic acids is 3. The van der Waals surface area contributed by atoms with E-state index in [0.29, 0.717) is 17.8 Å². The van der Waals surface area contributed by atoms with Crippen LogP contribution >= 0.6 is 0 Å². The Hall–Kier alpha value is -3.51. The largest absolute Gasteiger partial charge is 0.420 e. The van der Waals surface area contributed by atoms with Crippen LogP contribution in [0.3, 0.4) is 0 Å². The molecular formula is C36H50F4N2O6. The summed E-state index contributed by atoms with van der Waals surface area (Å²) in [6.07, 6.45) is 16.1. The first-order valence-electron chi connectivity index (χ1n) is 17.1. The number of amides is 2. The maximum absolute atomic E-state index is 13.6. The van der Waals surface area contributed by atoms with E-state index < -0.39 is 41.4 Å². The van der Waals surface area contributed by atoms with Gasteiger partial charge in [0.1, 0.15) is 0 Å². The second kappa shape index (κ2) is 24.6. The minimum atomic E-state index is -1.81. The number of ether oxygens (including phenoxy) is 3. The van der Waals surface area contributed by atoms with Gasteiger partial charge in [-0.15, -0.1) is 0 Å². The summed E-state index contributed by atoms with van der Waals surface area (Å²) in [5.74, 6) is -10.0. The number of benzene rings is 2. The van der Waals surface area contributed by atoms with Crippen molar-refractivity contribution in [3.8, 4) is 5.75 Å². The summed E-state index contributed by atoms with van der Waals surface area (Å²) in [6.45, 7) is 2.25. The Labute approximate surface area is 281 Å². The van der Waals surface area contributed by atoms with Crippen LogP contribution in [0, 0.1) is 23.3 Å². The molecule has 0 aromatic heterocycles. The summed E-state index contributed by atoms with van der Waals surface area (Å²) in [7, 11) is 0. The fraction of sp³-hybridized carbons (Fsp3) is 0.583. The Morgan fingerprint density at radius 3 is 1.52 bits per heavy atom.